The van der Waals surface area contributed by atoms with Gasteiger partial charge in [-0.25, -0.2) is 0 Å². The van der Waals surface area contributed by atoms with Crippen molar-refractivity contribution in [3.63, 3.8) is 0 Å². The van der Waals surface area contributed by atoms with Crippen molar-refractivity contribution in [1.82, 2.24) is 4.98 Å². The van der Waals surface area contributed by atoms with Crippen LogP contribution in [0.2, 0.25) is 0 Å². The molecule has 0 aliphatic rings. The van der Waals surface area contributed by atoms with Crippen molar-refractivity contribution in [2.75, 3.05) is 7.11 Å². The number of fused-ring (bicyclic) bond motifs is 1. The van der Waals surface area contributed by atoms with E-state index in [4.69, 9.17) is 4.74 Å². The van der Waals surface area contributed by atoms with Crippen molar-refractivity contribution in [2.45, 2.75) is 20.8 Å². The molecule has 1 heterocycles. The van der Waals surface area contributed by atoms with Gasteiger partial charge in [0.25, 0.3) is 0 Å². The summed E-state index contributed by atoms with van der Waals surface area (Å²) in [6.45, 7) is 6.20. The highest BCUT2D eigenvalue weighted by atomic mass is 16.5. The molecular formula is C13H15NO. The number of ether oxygens (including phenoxy) is 1. The van der Waals surface area contributed by atoms with Gasteiger partial charge in [-0.2, -0.15) is 0 Å². The van der Waals surface area contributed by atoms with Crippen LogP contribution in [0.25, 0.3) is 10.9 Å². The van der Waals surface area contributed by atoms with E-state index in [1.807, 2.05) is 19.1 Å². The van der Waals surface area contributed by atoms with E-state index in [1.165, 1.54) is 10.9 Å². The quantitative estimate of drug-likeness (QED) is 0.707. The Balaban J connectivity index is 2.85. The maximum absolute atomic E-state index is 5.26. The summed E-state index contributed by atoms with van der Waals surface area (Å²) in [4.78, 5) is 4.56. The fourth-order valence-electron chi connectivity index (χ4n) is 1.91. The first-order valence-electron chi connectivity index (χ1n) is 5.04. The van der Waals surface area contributed by atoms with Crippen LogP contribution in [-0.2, 0) is 0 Å². The number of aryl methyl sites for hydroxylation is 3. The normalized spacial score (nSPS) is 10.7. The zero-order chi connectivity index (χ0) is 11.0. The van der Waals surface area contributed by atoms with Crippen LogP contribution in [-0.4, -0.2) is 12.1 Å². The molecule has 0 saturated heterocycles. The molecule has 0 amide bonds. The summed E-state index contributed by atoms with van der Waals surface area (Å²) >= 11 is 0. The van der Waals surface area contributed by atoms with Crippen LogP contribution >= 0.6 is 0 Å². The van der Waals surface area contributed by atoms with Crippen LogP contribution < -0.4 is 4.74 Å². The monoisotopic (exact) mass is 201 g/mol. The summed E-state index contributed by atoms with van der Waals surface area (Å²) in [6, 6.07) is 6.17. The molecule has 0 bridgehead atoms. The van der Waals surface area contributed by atoms with Gasteiger partial charge in [0.15, 0.2) is 0 Å². The molecule has 15 heavy (non-hydrogen) atoms. The van der Waals surface area contributed by atoms with Gasteiger partial charge in [0.2, 0.25) is 0 Å². The van der Waals surface area contributed by atoms with Gasteiger partial charge in [0.1, 0.15) is 5.75 Å². The summed E-state index contributed by atoms with van der Waals surface area (Å²) in [5, 5.41) is 1.18. The zero-order valence-corrected chi connectivity index (χ0v) is 9.59. The van der Waals surface area contributed by atoms with E-state index in [1.54, 1.807) is 7.11 Å². The van der Waals surface area contributed by atoms with E-state index in [2.05, 4.69) is 24.9 Å². The molecule has 2 heteroatoms. The summed E-state index contributed by atoms with van der Waals surface area (Å²) in [5.74, 6) is 0.897. The smallest absolute Gasteiger partial charge is 0.119 e. The third kappa shape index (κ3) is 1.67. The third-order valence-electron chi connectivity index (χ3n) is 2.65. The summed E-state index contributed by atoms with van der Waals surface area (Å²) < 4.78 is 5.26. The fraction of sp³-hybridized carbons (Fsp3) is 0.308. The topological polar surface area (TPSA) is 22.1 Å². The molecule has 0 fully saturated rings. The van der Waals surface area contributed by atoms with E-state index >= 15 is 0 Å². The minimum absolute atomic E-state index is 0.897. The fourth-order valence-corrected chi connectivity index (χ4v) is 1.91. The van der Waals surface area contributed by atoms with Crippen LogP contribution in [0.3, 0.4) is 0 Å². The average Bonchev–Trinajstić information content (AvgIpc) is 2.19. The van der Waals surface area contributed by atoms with Gasteiger partial charge in [0, 0.05) is 11.1 Å². The maximum atomic E-state index is 5.26. The number of methoxy groups -OCH3 is 1. The SMILES string of the molecule is COc1cc(C)c2nc(C)cc(C)c2c1. The largest absolute Gasteiger partial charge is 0.497 e. The van der Waals surface area contributed by atoms with Crippen molar-refractivity contribution in [3.05, 3.63) is 35.0 Å². The molecule has 0 unspecified atom stereocenters. The third-order valence-corrected chi connectivity index (χ3v) is 2.65. The lowest BCUT2D eigenvalue weighted by atomic mass is 10.1. The molecule has 0 N–H and O–H groups in total. The Morgan fingerprint density at radius 1 is 1.00 bits per heavy atom. The predicted molar refractivity (Wildman–Crippen MR) is 62.5 cm³/mol. The summed E-state index contributed by atoms with van der Waals surface area (Å²) in [7, 11) is 1.69. The number of aromatic nitrogens is 1. The molecule has 0 aliphatic carbocycles. The van der Waals surface area contributed by atoms with Crippen LogP contribution in [0, 0.1) is 20.8 Å². The van der Waals surface area contributed by atoms with E-state index in [0.29, 0.717) is 0 Å². The predicted octanol–water partition coefficient (Wildman–Crippen LogP) is 3.17. The van der Waals surface area contributed by atoms with E-state index in [9.17, 15) is 0 Å². The Morgan fingerprint density at radius 2 is 1.73 bits per heavy atom. The van der Waals surface area contributed by atoms with Gasteiger partial charge in [-0.05, 0) is 50.1 Å². The second kappa shape index (κ2) is 3.54. The first-order valence-corrected chi connectivity index (χ1v) is 5.04. The lowest BCUT2D eigenvalue weighted by Gasteiger charge is -2.08. The van der Waals surface area contributed by atoms with E-state index in [-0.39, 0.29) is 0 Å². The van der Waals surface area contributed by atoms with Crippen molar-refractivity contribution in [2.24, 2.45) is 0 Å². The van der Waals surface area contributed by atoms with Crippen molar-refractivity contribution < 1.29 is 4.74 Å². The lowest BCUT2D eigenvalue weighted by molar-refractivity contribution is 0.415. The Kier molecular flexibility index (Phi) is 2.35. The molecule has 78 valence electrons. The summed E-state index contributed by atoms with van der Waals surface area (Å²) in [5.41, 5.74) is 4.55. The number of nitrogens with zero attached hydrogens (tertiary/aromatic N) is 1. The molecule has 2 aromatic rings. The molecular weight excluding hydrogens is 186 g/mol. The summed E-state index contributed by atoms with van der Waals surface area (Å²) in [6.07, 6.45) is 0. The molecule has 0 spiro atoms. The van der Waals surface area contributed by atoms with Gasteiger partial charge < -0.3 is 4.74 Å². The lowest BCUT2D eigenvalue weighted by Crippen LogP contribution is -1.92. The molecule has 1 aromatic carbocycles. The molecule has 0 radical (unpaired) electrons. The molecule has 1 aromatic heterocycles. The molecule has 0 aliphatic heterocycles. The Bertz CT molecular complexity index is 517. The van der Waals surface area contributed by atoms with Gasteiger partial charge in [-0.15, -0.1) is 0 Å². The molecule has 2 nitrogen and oxygen atoms in total. The molecule has 0 saturated carbocycles. The van der Waals surface area contributed by atoms with Crippen LogP contribution in [0.5, 0.6) is 5.75 Å². The first kappa shape index (κ1) is 9.97. The standard InChI is InChI=1S/C13H15NO/c1-8-5-10(3)14-13-9(2)6-11(15-4)7-12(8)13/h5-7H,1-4H3. The number of pyridine rings is 1. The van der Waals surface area contributed by atoms with Crippen molar-refractivity contribution >= 4 is 10.9 Å². The Hall–Kier alpha value is -1.57. The van der Waals surface area contributed by atoms with Gasteiger partial charge in [-0.3, -0.25) is 4.98 Å². The minimum Gasteiger partial charge on any atom is -0.497 e. The molecule has 0 atom stereocenters. The first-order chi connectivity index (χ1) is 7.11. The Morgan fingerprint density at radius 3 is 2.40 bits per heavy atom. The highest BCUT2D eigenvalue weighted by Gasteiger charge is 2.05. The maximum Gasteiger partial charge on any atom is 0.119 e. The second-order valence-corrected chi connectivity index (χ2v) is 3.92. The average molecular weight is 201 g/mol. The van der Waals surface area contributed by atoms with Crippen molar-refractivity contribution in [3.8, 4) is 5.75 Å². The number of hydrogen-bond donors (Lipinski definition) is 0. The number of hydrogen-bond acceptors (Lipinski definition) is 2. The number of rotatable bonds is 1. The van der Waals surface area contributed by atoms with Crippen molar-refractivity contribution in [1.29, 1.82) is 0 Å². The van der Waals surface area contributed by atoms with Crippen LogP contribution in [0.4, 0.5) is 0 Å². The van der Waals surface area contributed by atoms with Crippen LogP contribution in [0.1, 0.15) is 16.8 Å². The van der Waals surface area contributed by atoms with Gasteiger partial charge in [0.05, 0.1) is 12.6 Å². The van der Waals surface area contributed by atoms with Gasteiger partial charge in [-0.1, -0.05) is 0 Å². The highest BCUT2D eigenvalue weighted by Crippen LogP contribution is 2.26. The number of benzene rings is 1. The highest BCUT2D eigenvalue weighted by molar-refractivity contribution is 5.86. The van der Waals surface area contributed by atoms with Gasteiger partial charge >= 0.3 is 0 Å². The molecule has 2 rings (SSSR count). The van der Waals surface area contributed by atoms with E-state index in [0.717, 1.165) is 22.5 Å². The van der Waals surface area contributed by atoms with Crippen LogP contribution in [0.15, 0.2) is 18.2 Å². The second-order valence-electron chi connectivity index (χ2n) is 3.92. The Labute approximate surface area is 89.9 Å². The van der Waals surface area contributed by atoms with E-state index < -0.39 is 0 Å². The zero-order valence-electron chi connectivity index (χ0n) is 9.59. The minimum atomic E-state index is 0.897.